The maximum Gasteiger partial charge on any atom is 0.185 e. The van der Waals surface area contributed by atoms with E-state index in [0.717, 1.165) is 21.7 Å². The highest BCUT2D eigenvalue weighted by atomic mass is 35.5. The van der Waals surface area contributed by atoms with E-state index < -0.39 is 0 Å². The van der Waals surface area contributed by atoms with Crippen molar-refractivity contribution in [2.45, 2.75) is 13.8 Å². The highest BCUT2D eigenvalue weighted by molar-refractivity contribution is 6.32. The molecule has 1 aromatic carbocycles. The maximum absolute atomic E-state index is 10.5. The van der Waals surface area contributed by atoms with Crippen LogP contribution in [0.2, 0.25) is 5.02 Å². The molecule has 1 aromatic heterocycles. The van der Waals surface area contributed by atoms with Crippen molar-refractivity contribution in [3.05, 3.63) is 46.2 Å². The Balaban J connectivity index is 2.52. The van der Waals surface area contributed by atoms with Crippen LogP contribution in [0.15, 0.2) is 28.7 Å². The maximum atomic E-state index is 10.5. The first-order chi connectivity index (χ1) is 7.61. The van der Waals surface area contributed by atoms with Crippen LogP contribution in [0.5, 0.6) is 0 Å². The molecule has 0 radical (unpaired) electrons. The third kappa shape index (κ3) is 1.89. The minimum absolute atomic E-state index is 0.334. The van der Waals surface area contributed by atoms with Crippen molar-refractivity contribution < 1.29 is 9.21 Å². The van der Waals surface area contributed by atoms with Crippen molar-refractivity contribution in [1.29, 1.82) is 0 Å². The van der Waals surface area contributed by atoms with Gasteiger partial charge in [0.2, 0.25) is 0 Å². The lowest BCUT2D eigenvalue weighted by molar-refractivity contribution is 0.110. The lowest BCUT2D eigenvalue weighted by atomic mass is 10.1. The standard InChI is InChI=1S/C13H11ClO2/c1-8-5-10(6-9(2)13(8)14)12-4-3-11(7-15)16-12/h3-7H,1-2H3. The van der Waals surface area contributed by atoms with Gasteiger partial charge in [-0.1, -0.05) is 11.6 Å². The SMILES string of the molecule is Cc1cc(-c2ccc(C=O)o2)cc(C)c1Cl. The molecule has 2 rings (SSSR count). The van der Waals surface area contributed by atoms with E-state index in [1.165, 1.54) is 0 Å². The van der Waals surface area contributed by atoms with Gasteiger partial charge in [0.15, 0.2) is 12.0 Å². The Kier molecular flexibility index (Phi) is 2.84. The fourth-order valence-electron chi connectivity index (χ4n) is 1.66. The zero-order chi connectivity index (χ0) is 11.7. The normalized spacial score (nSPS) is 10.4. The zero-order valence-electron chi connectivity index (χ0n) is 9.08. The molecular weight excluding hydrogens is 224 g/mol. The van der Waals surface area contributed by atoms with E-state index in [1.54, 1.807) is 12.1 Å². The number of furan rings is 1. The van der Waals surface area contributed by atoms with E-state index in [2.05, 4.69) is 0 Å². The number of rotatable bonds is 2. The molecule has 0 fully saturated rings. The first-order valence-electron chi connectivity index (χ1n) is 4.94. The Labute approximate surface area is 98.8 Å². The van der Waals surface area contributed by atoms with Gasteiger partial charge in [-0.05, 0) is 49.2 Å². The molecule has 0 atom stereocenters. The predicted molar refractivity (Wildman–Crippen MR) is 64.0 cm³/mol. The van der Waals surface area contributed by atoms with Gasteiger partial charge in [0.1, 0.15) is 5.76 Å². The molecule has 0 bridgehead atoms. The molecule has 16 heavy (non-hydrogen) atoms. The third-order valence-electron chi connectivity index (χ3n) is 2.46. The number of aryl methyl sites for hydroxylation is 2. The van der Waals surface area contributed by atoms with Crippen LogP contribution < -0.4 is 0 Å². The Morgan fingerprint density at radius 1 is 1.19 bits per heavy atom. The molecular formula is C13H11ClO2. The fourth-order valence-corrected chi connectivity index (χ4v) is 1.77. The fraction of sp³-hybridized carbons (Fsp3) is 0.154. The average molecular weight is 235 g/mol. The van der Waals surface area contributed by atoms with Gasteiger partial charge in [0.05, 0.1) is 0 Å². The molecule has 2 aromatic rings. The number of halogens is 1. The smallest absolute Gasteiger partial charge is 0.185 e. The highest BCUT2D eigenvalue weighted by Gasteiger charge is 2.08. The van der Waals surface area contributed by atoms with Crippen LogP contribution in [-0.4, -0.2) is 6.29 Å². The van der Waals surface area contributed by atoms with Crippen LogP contribution in [0.25, 0.3) is 11.3 Å². The van der Waals surface area contributed by atoms with Crippen molar-refractivity contribution in [2.24, 2.45) is 0 Å². The van der Waals surface area contributed by atoms with Crippen LogP contribution in [0.4, 0.5) is 0 Å². The number of hydrogen-bond acceptors (Lipinski definition) is 2. The van der Waals surface area contributed by atoms with E-state index in [4.69, 9.17) is 16.0 Å². The summed E-state index contributed by atoms with van der Waals surface area (Å²) in [6.45, 7) is 3.89. The second-order valence-electron chi connectivity index (χ2n) is 3.74. The summed E-state index contributed by atoms with van der Waals surface area (Å²) < 4.78 is 5.36. The van der Waals surface area contributed by atoms with E-state index in [-0.39, 0.29) is 0 Å². The molecule has 0 saturated carbocycles. The summed E-state index contributed by atoms with van der Waals surface area (Å²) in [7, 11) is 0. The van der Waals surface area contributed by atoms with Gasteiger partial charge in [0.25, 0.3) is 0 Å². The van der Waals surface area contributed by atoms with Gasteiger partial charge < -0.3 is 4.42 Å². The van der Waals surface area contributed by atoms with Crippen molar-refractivity contribution >= 4 is 17.9 Å². The van der Waals surface area contributed by atoms with Crippen LogP contribution in [0, 0.1) is 13.8 Å². The Morgan fingerprint density at radius 3 is 2.31 bits per heavy atom. The number of hydrogen-bond donors (Lipinski definition) is 0. The molecule has 2 nitrogen and oxygen atoms in total. The summed E-state index contributed by atoms with van der Waals surface area (Å²) in [6.07, 6.45) is 0.694. The quantitative estimate of drug-likeness (QED) is 0.735. The number of carbonyl (C=O) groups is 1. The molecule has 0 saturated heterocycles. The van der Waals surface area contributed by atoms with E-state index in [0.29, 0.717) is 17.8 Å². The Hall–Kier alpha value is -1.54. The van der Waals surface area contributed by atoms with Gasteiger partial charge >= 0.3 is 0 Å². The molecule has 0 unspecified atom stereocenters. The lowest BCUT2D eigenvalue weighted by Crippen LogP contribution is -1.84. The lowest BCUT2D eigenvalue weighted by Gasteiger charge is -2.05. The van der Waals surface area contributed by atoms with Crippen LogP contribution in [-0.2, 0) is 0 Å². The largest absolute Gasteiger partial charge is 0.453 e. The minimum Gasteiger partial charge on any atom is -0.453 e. The highest BCUT2D eigenvalue weighted by Crippen LogP contribution is 2.28. The van der Waals surface area contributed by atoms with E-state index >= 15 is 0 Å². The minimum atomic E-state index is 0.334. The second kappa shape index (κ2) is 4.14. The van der Waals surface area contributed by atoms with Crippen molar-refractivity contribution in [2.75, 3.05) is 0 Å². The topological polar surface area (TPSA) is 30.2 Å². The molecule has 0 amide bonds. The van der Waals surface area contributed by atoms with Gasteiger partial charge in [-0.3, -0.25) is 4.79 Å². The summed E-state index contributed by atoms with van der Waals surface area (Å²) in [6, 6.07) is 7.33. The molecule has 0 N–H and O–H groups in total. The van der Waals surface area contributed by atoms with Gasteiger partial charge in [-0.25, -0.2) is 0 Å². The monoisotopic (exact) mass is 234 g/mol. The summed E-state index contributed by atoms with van der Waals surface area (Å²) in [5.41, 5.74) is 2.94. The second-order valence-corrected chi connectivity index (χ2v) is 4.12. The summed E-state index contributed by atoms with van der Waals surface area (Å²) in [4.78, 5) is 10.5. The first kappa shape index (κ1) is 11.0. The number of carbonyl (C=O) groups excluding carboxylic acids is 1. The van der Waals surface area contributed by atoms with Crippen LogP contribution in [0.1, 0.15) is 21.7 Å². The molecule has 0 aliphatic carbocycles. The van der Waals surface area contributed by atoms with Crippen LogP contribution in [0.3, 0.4) is 0 Å². The van der Waals surface area contributed by atoms with Gasteiger partial charge in [-0.15, -0.1) is 0 Å². The van der Waals surface area contributed by atoms with E-state index in [9.17, 15) is 4.79 Å². The predicted octanol–water partition coefficient (Wildman–Crippen LogP) is 4.03. The molecule has 0 spiro atoms. The first-order valence-corrected chi connectivity index (χ1v) is 5.31. The molecule has 0 aliphatic rings. The number of benzene rings is 1. The van der Waals surface area contributed by atoms with Crippen molar-refractivity contribution in [1.82, 2.24) is 0 Å². The summed E-state index contributed by atoms with van der Waals surface area (Å²) in [5, 5.41) is 0.769. The summed E-state index contributed by atoms with van der Waals surface area (Å²) >= 11 is 6.08. The van der Waals surface area contributed by atoms with Gasteiger partial charge in [0, 0.05) is 10.6 Å². The van der Waals surface area contributed by atoms with Crippen molar-refractivity contribution in [3.63, 3.8) is 0 Å². The zero-order valence-corrected chi connectivity index (χ0v) is 9.84. The Morgan fingerprint density at radius 2 is 1.81 bits per heavy atom. The van der Waals surface area contributed by atoms with Crippen molar-refractivity contribution in [3.8, 4) is 11.3 Å². The van der Waals surface area contributed by atoms with Gasteiger partial charge in [-0.2, -0.15) is 0 Å². The van der Waals surface area contributed by atoms with Crippen LogP contribution >= 0.6 is 11.6 Å². The summed E-state index contributed by atoms with van der Waals surface area (Å²) in [5.74, 6) is 1.02. The molecule has 82 valence electrons. The molecule has 0 aliphatic heterocycles. The third-order valence-corrected chi connectivity index (χ3v) is 3.06. The average Bonchev–Trinajstić information content (AvgIpc) is 2.73. The van der Waals surface area contributed by atoms with E-state index in [1.807, 2.05) is 26.0 Å². The number of aldehydes is 1. The molecule has 1 heterocycles. The Bertz CT molecular complexity index is 518. The molecule has 3 heteroatoms.